The van der Waals surface area contributed by atoms with E-state index in [1.54, 1.807) is 12.1 Å². The topological polar surface area (TPSA) is 106 Å². The first kappa shape index (κ1) is 24.3. The normalized spacial score (nSPS) is 15.7. The first-order valence-corrected chi connectivity index (χ1v) is 13.5. The number of fused-ring (bicyclic) bond motifs is 1. The third-order valence-corrected chi connectivity index (χ3v) is 7.90. The second-order valence-corrected chi connectivity index (χ2v) is 11.2. The van der Waals surface area contributed by atoms with Gasteiger partial charge < -0.3 is 9.84 Å². The van der Waals surface area contributed by atoms with E-state index in [0.29, 0.717) is 22.9 Å². The van der Waals surface area contributed by atoms with Crippen molar-refractivity contribution >= 4 is 27.0 Å². The van der Waals surface area contributed by atoms with Gasteiger partial charge in [0.25, 0.3) is 0 Å². The number of rotatable bonds is 8. The minimum Gasteiger partial charge on any atom is -0.502 e. The zero-order valence-corrected chi connectivity index (χ0v) is 20.6. The van der Waals surface area contributed by atoms with Crippen molar-refractivity contribution in [2.75, 3.05) is 12.4 Å². The van der Waals surface area contributed by atoms with Crippen LogP contribution in [0, 0.1) is 6.57 Å². The van der Waals surface area contributed by atoms with Gasteiger partial charge in [0.15, 0.2) is 0 Å². The third kappa shape index (κ3) is 5.28. The highest BCUT2D eigenvalue weighted by molar-refractivity contribution is 7.89. The summed E-state index contributed by atoms with van der Waals surface area (Å²) in [5.41, 5.74) is 4.17. The molecule has 1 aliphatic carbocycles. The molecule has 0 saturated carbocycles. The Morgan fingerprint density at radius 1 is 1.26 bits per heavy atom. The average Bonchev–Trinajstić information content (AvgIpc) is 3.28. The fourth-order valence-corrected chi connectivity index (χ4v) is 6.04. The number of hydrogen-bond acceptors (Lipinski definition) is 7. The second-order valence-electron chi connectivity index (χ2n) is 8.35. The van der Waals surface area contributed by atoms with E-state index in [2.05, 4.69) is 19.8 Å². The molecule has 0 bridgehead atoms. The summed E-state index contributed by atoms with van der Waals surface area (Å²) in [7, 11) is -3.56. The number of aliphatic hydroxyl groups excluding tert-OH is 1. The van der Waals surface area contributed by atoms with Crippen molar-refractivity contribution in [2.24, 2.45) is 0 Å². The molecule has 1 aliphatic rings. The maximum atomic E-state index is 12.2. The Morgan fingerprint density at radius 3 is 2.79 bits per heavy atom. The molecule has 0 amide bonds. The fourth-order valence-electron chi connectivity index (χ4n) is 4.11. The minimum absolute atomic E-state index is 0.0271. The molecular weight excluding hydrogens is 472 g/mol. The van der Waals surface area contributed by atoms with Crippen LogP contribution < -0.4 is 9.46 Å². The number of benzene rings is 2. The molecule has 0 radical (unpaired) electrons. The summed E-state index contributed by atoms with van der Waals surface area (Å²) < 4.78 is 32.9. The summed E-state index contributed by atoms with van der Waals surface area (Å²) in [6.07, 6.45) is 2.34. The molecule has 10 heteroatoms. The summed E-state index contributed by atoms with van der Waals surface area (Å²) in [6.45, 7) is 10.9. The Balaban J connectivity index is 1.65. The summed E-state index contributed by atoms with van der Waals surface area (Å²) in [5, 5.41) is 19.3. The first-order chi connectivity index (χ1) is 16.3. The molecule has 1 aromatic heterocycles. The maximum absolute atomic E-state index is 12.2. The molecule has 2 aromatic carbocycles. The molecule has 1 atom stereocenters. The van der Waals surface area contributed by atoms with Crippen LogP contribution in [-0.4, -0.2) is 42.2 Å². The van der Waals surface area contributed by atoms with Crippen LogP contribution in [0.4, 0.5) is 5.69 Å². The molecule has 0 fully saturated rings. The van der Waals surface area contributed by atoms with Crippen LogP contribution in [0.1, 0.15) is 43.9 Å². The molecule has 0 saturated heterocycles. The van der Waals surface area contributed by atoms with Gasteiger partial charge in [0.1, 0.15) is 15.8 Å². The van der Waals surface area contributed by atoms with E-state index in [1.807, 2.05) is 38.1 Å². The molecular formula is C24H26N4O4S2. The fraction of sp³-hybridized carbons (Fsp3) is 0.375. The molecule has 178 valence electrons. The molecule has 0 spiro atoms. The highest BCUT2D eigenvalue weighted by Gasteiger charge is 2.27. The lowest BCUT2D eigenvalue weighted by atomic mass is 9.85. The Labute approximate surface area is 203 Å². The van der Waals surface area contributed by atoms with Gasteiger partial charge in [-0.25, -0.2) is 18.0 Å². The van der Waals surface area contributed by atoms with Crippen LogP contribution in [0.3, 0.4) is 0 Å². The highest BCUT2D eigenvalue weighted by atomic mass is 32.2. The zero-order valence-electron chi connectivity index (χ0n) is 19.0. The van der Waals surface area contributed by atoms with E-state index >= 15 is 0 Å². The van der Waals surface area contributed by atoms with Crippen molar-refractivity contribution in [3.8, 4) is 26.9 Å². The number of sulfonamides is 1. The van der Waals surface area contributed by atoms with Crippen molar-refractivity contribution < 1.29 is 18.3 Å². The Bertz CT molecular complexity index is 1330. The van der Waals surface area contributed by atoms with E-state index in [1.165, 1.54) is 11.3 Å². The third-order valence-electron chi connectivity index (χ3n) is 5.53. The van der Waals surface area contributed by atoms with E-state index in [4.69, 9.17) is 16.4 Å². The predicted molar refractivity (Wildman–Crippen MR) is 132 cm³/mol. The first-order valence-electron chi connectivity index (χ1n) is 11.1. The van der Waals surface area contributed by atoms with Gasteiger partial charge in [0.05, 0.1) is 25.0 Å². The van der Waals surface area contributed by atoms with E-state index in [9.17, 15) is 8.42 Å². The molecule has 0 aliphatic heterocycles. The van der Waals surface area contributed by atoms with Gasteiger partial charge in [-0.15, -0.1) is 10.2 Å². The lowest BCUT2D eigenvalue weighted by Crippen LogP contribution is -2.33. The summed E-state index contributed by atoms with van der Waals surface area (Å²) >= 11 is 1.44. The Kier molecular flexibility index (Phi) is 7.28. The van der Waals surface area contributed by atoms with Gasteiger partial charge in [0, 0.05) is 17.2 Å². The standard InChI is InChI=1S/C24H26N4O4S2/c1-15(2)32-22-11-10-16(14-21(22)25-3)23-26-27-24(33-23)19-8-4-7-18-17(19)6-5-9-20(18)28-34(30,31)13-12-29/h4,7-8,10-11,14-15,20,28-29H,5-6,9,12-13H2,1-2H3/t20-/m1/s1. The van der Waals surface area contributed by atoms with Crippen molar-refractivity contribution in [1.82, 2.24) is 14.9 Å². The molecule has 1 heterocycles. The monoisotopic (exact) mass is 498 g/mol. The van der Waals surface area contributed by atoms with Crippen LogP contribution in [-0.2, 0) is 16.4 Å². The second kappa shape index (κ2) is 10.2. The summed E-state index contributed by atoms with van der Waals surface area (Å²) in [5.74, 6) is 0.233. The largest absolute Gasteiger partial charge is 0.502 e. The number of aliphatic hydroxyl groups is 1. The van der Waals surface area contributed by atoms with Gasteiger partial charge in [-0.1, -0.05) is 35.6 Å². The molecule has 8 nitrogen and oxygen atoms in total. The van der Waals surface area contributed by atoms with Crippen molar-refractivity contribution in [3.63, 3.8) is 0 Å². The van der Waals surface area contributed by atoms with E-state index < -0.39 is 16.6 Å². The van der Waals surface area contributed by atoms with E-state index in [-0.39, 0.29) is 17.9 Å². The lowest BCUT2D eigenvalue weighted by Gasteiger charge is -2.27. The van der Waals surface area contributed by atoms with Gasteiger partial charge in [0.2, 0.25) is 15.7 Å². The van der Waals surface area contributed by atoms with Crippen molar-refractivity contribution in [2.45, 2.75) is 45.3 Å². The van der Waals surface area contributed by atoms with Gasteiger partial charge >= 0.3 is 0 Å². The van der Waals surface area contributed by atoms with Crippen LogP contribution in [0.5, 0.6) is 5.75 Å². The summed E-state index contributed by atoms with van der Waals surface area (Å²) in [4.78, 5) is 3.59. The predicted octanol–water partition coefficient (Wildman–Crippen LogP) is 4.50. The van der Waals surface area contributed by atoms with Crippen LogP contribution in [0.25, 0.3) is 26.0 Å². The molecule has 0 unspecified atom stereocenters. The van der Waals surface area contributed by atoms with Crippen molar-refractivity contribution in [3.05, 3.63) is 58.9 Å². The number of ether oxygens (including phenoxy) is 1. The molecule has 4 rings (SSSR count). The van der Waals surface area contributed by atoms with Crippen LogP contribution >= 0.6 is 11.3 Å². The molecule has 2 N–H and O–H groups in total. The SMILES string of the molecule is [C-]#[N+]c1cc(-c2nnc(-c3cccc4c3CCC[C@H]4NS(=O)(=O)CCO)s2)ccc1OC(C)C. The quantitative estimate of drug-likeness (QED) is 0.443. The number of nitrogens with zero attached hydrogens (tertiary/aromatic N) is 3. The summed E-state index contributed by atoms with van der Waals surface area (Å²) in [6, 6.07) is 10.9. The van der Waals surface area contributed by atoms with Gasteiger partial charge in [-0.05, 0) is 56.4 Å². The number of hydrogen-bond donors (Lipinski definition) is 2. The number of aromatic nitrogens is 2. The lowest BCUT2D eigenvalue weighted by molar-refractivity contribution is 0.244. The van der Waals surface area contributed by atoms with Gasteiger partial charge in [-0.2, -0.15) is 0 Å². The molecule has 34 heavy (non-hydrogen) atoms. The van der Waals surface area contributed by atoms with Crippen LogP contribution in [0.2, 0.25) is 0 Å². The smallest absolute Gasteiger partial charge is 0.228 e. The number of nitrogens with one attached hydrogen (secondary N) is 1. The minimum atomic E-state index is -3.56. The highest BCUT2D eigenvalue weighted by Crippen LogP contribution is 2.40. The van der Waals surface area contributed by atoms with Gasteiger partial charge in [-0.3, -0.25) is 0 Å². The average molecular weight is 499 g/mol. The Hall–Kier alpha value is -2.84. The Morgan fingerprint density at radius 2 is 2.06 bits per heavy atom. The van der Waals surface area contributed by atoms with Crippen LogP contribution in [0.15, 0.2) is 36.4 Å². The van der Waals surface area contributed by atoms with Crippen molar-refractivity contribution in [1.29, 1.82) is 0 Å². The zero-order chi connectivity index (χ0) is 24.3. The molecule has 3 aromatic rings. The maximum Gasteiger partial charge on any atom is 0.228 e. The van der Waals surface area contributed by atoms with E-state index in [0.717, 1.165) is 40.1 Å².